The molecule has 0 bridgehead atoms. The summed E-state index contributed by atoms with van der Waals surface area (Å²) >= 11 is 0. The molecule has 1 aromatic heterocycles. The highest BCUT2D eigenvalue weighted by molar-refractivity contribution is 5.77. The van der Waals surface area contributed by atoms with Crippen LogP contribution in [0.4, 0.5) is 5.69 Å². The van der Waals surface area contributed by atoms with Gasteiger partial charge in [-0.1, -0.05) is 12.1 Å². The molecule has 17 heavy (non-hydrogen) atoms. The van der Waals surface area contributed by atoms with Gasteiger partial charge in [0.05, 0.1) is 0 Å². The maximum atomic E-state index is 4.49. The van der Waals surface area contributed by atoms with Crippen molar-refractivity contribution in [2.75, 3.05) is 11.9 Å². The summed E-state index contributed by atoms with van der Waals surface area (Å²) in [5.74, 6) is 1.07. The van der Waals surface area contributed by atoms with Crippen molar-refractivity contribution in [3.05, 3.63) is 36.2 Å². The predicted molar refractivity (Wildman–Crippen MR) is 70.1 cm³/mol. The van der Waals surface area contributed by atoms with Gasteiger partial charge in [0.2, 0.25) is 0 Å². The number of fused-ring (bicyclic) bond motifs is 1. The Bertz CT molecular complexity index is 528. The van der Waals surface area contributed by atoms with Crippen LogP contribution in [0.15, 0.2) is 30.6 Å². The molecule has 3 nitrogen and oxygen atoms in total. The smallest absolute Gasteiger partial charge is 0.141 e. The van der Waals surface area contributed by atoms with Crippen molar-refractivity contribution in [3.8, 4) is 11.4 Å². The van der Waals surface area contributed by atoms with E-state index in [1.165, 1.54) is 29.7 Å². The summed E-state index contributed by atoms with van der Waals surface area (Å²) in [6, 6.07) is 6.51. The first-order valence-electron chi connectivity index (χ1n) is 6.27. The zero-order valence-corrected chi connectivity index (χ0v) is 10.1. The highest BCUT2D eigenvalue weighted by Crippen LogP contribution is 2.32. The summed E-state index contributed by atoms with van der Waals surface area (Å²) in [4.78, 5) is 4.49. The number of hydrogen-bond donors (Lipinski definition) is 1. The summed E-state index contributed by atoms with van der Waals surface area (Å²) in [5, 5.41) is 3.52. The molecular weight excluding hydrogens is 210 g/mol. The number of rotatable bonds is 2. The Kier molecular flexibility index (Phi) is 2.59. The number of anilines is 1. The highest BCUT2D eigenvalue weighted by Gasteiger charge is 2.15. The van der Waals surface area contributed by atoms with Gasteiger partial charge in [-0.25, -0.2) is 4.98 Å². The SMILES string of the molecule is CCn1ccnc1-c1cccc2c1NCCC2. The van der Waals surface area contributed by atoms with E-state index in [0.29, 0.717) is 0 Å². The third-order valence-corrected chi connectivity index (χ3v) is 3.37. The minimum absolute atomic E-state index is 0.957. The zero-order chi connectivity index (χ0) is 11.7. The molecule has 88 valence electrons. The van der Waals surface area contributed by atoms with E-state index in [0.717, 1.165) is 18.9 Å². The van der Waals surface area contributed by atoms with Crippen molar-refractivity contribution in [1.29, 1.82) is 0 Å². The van der Waals surface area contributed by atoms with E-state index in [4.69, 9.17) is 0 Å². The van der Waals surface area contributed by atoms with Crippen LogP contribution in [0.1, 0.15) is 18.9 Å². The van der Waals surface area contributed by atoms with Gasteiger partial charge in [-0.05, 0) is 31.4 Å². The van der Waals surface area contributed by atoms with Gasteiger partial charge in [0.1, 0.15) is 5.82 Å². The van der Waals surface area contributed by atoms with Crippen molar-refractivity contribution in [1.82, 2.24) is 9.55 Å². The van der Waals surface area contributed by atoms with Crippen molar-refractivity contribution in [2.24, 2.45) is 0 Å². The maximum Gasteiger partial charge on any atom is 0.141 e. The van der Waals surface area contributed by atoms with Gasteiger partial charge in [-0.3, -0.25) is 0 Å². The van der Waals surface area contributed by atoms with Crippen LogP contribution in [0.25, 0.3) is 11.4 Å². The number of aryl methyl sites for hydroxylation is 2. The van der Waals surface area contributed by atoms with E-state index in [1.807, 2.05) is 12.4 Å². The lowest BCUT2D eigenvalue weighted by molar-refractivity contribution is 0.769. The average molecular weight is 227 g/mol. The molecule has 0 aliphatic carbocycles. The molecule has 0 saturated carbocycles. The van der Waals surface area contributed by atoms with Gasteiger partial charge >= 0.3 is 0 Å². The fourth-order valence-corrected chi connectivity index (χ4v) is 2.50. The van der Waals surface area contributed by atoms with Crippen molar-refractivity contribution in [3.63, 3.8) is 0 Å². The van der Waals surface area contributed by atoms with E-state index in [-0.39, 0.29) is 0 Å². The van der Waals surface area contributed by atoms with E-state index >= 15 is 0 Å². The van der Waals surface area contributed by atoms with E-state index < -0.39 is 0 Å². The standard InChI is InChI=1S/C14H17N3/c1-2-17-10-9-16-14(17)12-7-3-5-11-6-4-8-15-13(11)12/h3,5,7,9-10,15H,2,4,6,8H2,1H3. The Labute approximate surface area is 101 Å². The number of hydrogen-bond acceptors (Lipinski definition) is 2. The second kappa shape index (κ2) is 4.24. The normalized spacial score (nSPS) is 14.2. The lowest BCUT2D eigenvalue weighted by Gasteiger charge is -2.21. The van der Waals surface area contributed by atoms with Crippen LogP contribution in [0.2, 0.25) is 0 Å². The summed E-state index contributed by atoms with van der Waals surface area (Å²) in [7, 11) is 0. The topological polar surface area (TPSA) is 29.9 Å². The van der Waals surface area contributed by atoms with Crippen LogP contribution in [0.3, 0.4) is 0 Å². The van der Waals surface area contributed by atoms with Gasteiger partial charge in [-0.2, -0.15) is 0 Å². The first-order chi connectivity index (χ1) is 8.40. The van der Waals surface area contributed by atoms with Gasteiger partial charge < -0.3 is 9.88 Å². The summed E-state index contributed by atoms with van der Waals surface area (Å²) in [6.45, 7) is 4.17. The fourth-order valence-electron chi connectivity index (χ4n) is 2.50. The molecule has 0 atom stereocenters. The fraction of sp³-hybridized carbons (Fsp3) is 0.357. The predicted octanol–water partition coefficient (Wildman–Crippen LogP) is 2.93. The van der Waals surface area contributed by atoms with Crippen LogP contribution in [-0.2, 0) is 13.0 Å². The first-order valence-corrected chi connectivity index (χ1v) is 6.27. The highest BCUT2D eigenvalue weighted by atomic mass is 15.1. The molecule has 0 fully saturated rings. The number of benzene rings is 1. The Balaban J connectivity index is 2.14. The average Bonchev–Trinajstić information content (AvgIpc) is 2.86. The first kappa shape index (κ1) is 10.4. The summed E-state index contributed by atoms with van der Waals surface area (Å²) in [6.07, 6.45) is 6.31. The maximum absolute atomic E-state index is 4.49. The Morgan fingerprint density at radius 3 is 3.24 bits per heavy atom. The number of nitrogens with one attached hydrogen (secondary N) is 1. The molecule has 0 saturated heterocycles. The molecule has 1 aromatic carbocycles. The molecule has 0 spiro atoms. The van der Waals surface area contributed by atoms with Gasteiger partial charge in [0.15, 0.2) is 0 Å². The Morgan fingerprint density at radius 1 is 1.41 bits per heavy atom. The zero-order valence-electron chi connectivity index (χ0n) is 10.1. The molecule has 3 heteroatoms. The number of imidazole rings is 1. The number of nitrogens with zero attached hydrogens (tertiary/aromatic N) is 2. The molecule has 1 N–H and O–H groups in total. The van der Waals surface area contributed by atoms with Crippen molar-refractivity contribution < 1.29 is 0 Å². The second-order valence-corrected chi connectivity index (χ2v) is 4.41. The van der Waals surface area contributed by atoms with Crippen LogP contribution in [0, 0.1) is 0 Å². The minimum atomic E-state index is 0.957. The molecule has 2 heterocycles. The largest absolute Gasteiger partial charge is 0.384 e. The van der Waals surface area contributed by atoms with Crippen LogP contribution < -0.4 is 5.32 Å². The molecular formula is C14H17N3. The van der Waals surface area contributed by atoms with E-state index in [2.05, 4.69) is 40.0 Å². The third kappa shape index (κ3) is 1.71. The lowest BCUT2D eigenvalue weighted by Crippen LogP contribution is -2.13. The van der Waals surface area contributed by atoms with Crippen LogP contribution in [-0.4, -0.2) is 16.1 Å². The number of para-hydroxylation sites is 1. The van der Waals surface area contributed by atoms with Gasteiger partial charge in [0.25, 0.3) is 0 Å². The second-order valence-electron chi connectivity index (χ2n) is 4.41. The minimum Gasteiger partial charge on any atom is -0.384 e. The van der Waals surface area contributed by atoms with Crippen molar-refractivity contribution in [2.45, 2.75) is 26.3 Å². The van der Waals surface area contributed by atoms with E-state index in [1.54, 1.807) is 0 Å². The molecule has 3 rings (SSSR count). The van der Waals surface area contributed by atoms with Crippen LogP contribution >= 0.6 is 0 Å². The number of aromatic nitrogens is 2. The van der Waals surface area contributed by atoms with Crippen LogP contribution in [0.5, 0.6) is 0 Å². The molecule has 0 unspecified atom stereocenters. The van der Waals surface area contributed by atoms with E-state index in [9.17, 15) is 0 Å². The summed E-state index contributed by atoms with van der Waals surface area (Å²) in [5.41, 5.74) is 3.92. The monoisotopic (exact) mass is 227 g/mol. The molecule has 0 amide bonds. The van der Waals surface area contributed by atoms with Crippen molar-refractivity contribution >= 4 is 5.69 Å². The molecule has 1 aliphatic rings. The van der Waals surface area contributed by atoms with Gasteiger partial charge in [0, 0.05) is 36.7 Å². The van der Waals surface area contributed by atoms with Gasteiger partial charge in [-0.15, -0.1) is 0 Å². The molecule has 0 radical (unpaired) electrons. The lowest BCUT2D eigenvalue weighted by atomic mass is 9.99. The quantitative estimate of drug-likeness (QED) is 0.855. The Morgan fingerprint density at radius 2 is 2.35 bits per heavy atom. The third-order valence-electron chi connectivity index (χ3n) is 3.37. The summed E-state index contributed by atoms with van der Waals surface area (Å²) < 4.78 is 2.19. The Hall–Kier alpha value is -1.77. The molecule has 1 aliphatic heterocycles. The molecule has 2 aromatic rings.